The van der Waals surface area contributed by atoms with Gasteiger partial charge in [-0.2, -0.15) is 31.0 Å². The maximum absolute atomic E-state index is 11.8. The van der Waals surface area contributed by atoms with E-state index in [1.54, 1.807) is 0 Å². The molecule has 0 aromatic heterocycles. The van der Waals surface area contributed by atoms with Crippen molar-refractivity contribution < 1.29 is 41.0 Å². The van der Waals surface area contributed by atoms with Gasteiger partial charge < -0.3 is 9.84 Å². The number of carboxylic acid groups (broad SMARTS) is 1. The van der Waals surface area contributed by atoms with Crippen LogP contribution >= 0.6 is 0 Å². The number of carbonyl (C=O) groups excluding carboxylic acids is 1. The summed E-state index contributed by atoms with van der Waals surface area (Å²) in [6.07, 6.45) is -5.66. The molecule has 0 bridgehead atoms. The lowest BCUT2D eigenvalue weighted by Crippen LogP contribution is -2.49. The van der Waals surface area contributed by atoms with Gasteiger partial charge >= 0.3 is 18.1 Å². The van der Waals surface area contributed by atoms with Crippen molar-refractivity contribution in [1.29, 1.82) is 0 Å². The molecule has 0 aliphatic rings. The Morgan fingerprint density at radius 3 is 2.26 bits per heavy atom. The van der Waals surface area contributed by atoms with E-state index in [1.807, 2.05) is 0 Å². The number of rotatable bonds is 7. The molecule has 0 aliphatic carbocycles. The molecule has 0 aromatic rings. The summed E-state index contributed by atoms with van der Waals surface area (Å²) >= 11 is 0. The highest BCUT2D eigenvalue weighted by Gasteiger charge is 2.32. The number of hydrogen-bond donors (Lipinski definition) is 3. The van der Waals surface area contributed by atoms with Crippen molar-refractivity contribution in [2.24, 2.45) is 0 Å². The zero-order valence-electron chi connectivity index (χ0n) is 9.52. The minimum Gasteiger partial charge on any atom is -0.480 e. The third-order valence-corrected chi connectivity index (χ3v) is 2.78. The summed E-state index contributed by atoms with van der Waals surface area (Å²) in [7, 11) is -3.78. The van der Waals surface area contributed by atoms with Gasteiger partial charge in [0.1, 0.15) is 12.6 Å². The molecule has 19 heavy (non-hydrogen) atoms. The molecule has 0 unspecified atom stereocenters. The average Bonchev–Trinajstić information content (AvgIpc) is 2.24. The number of carboxylic acids is 1. The highest BCUT2D eigenvalue weighted by molar-refractivity contribution is 7.87. The zero-order chi connectivity index (χ0) is 15.3. The molecule has 3 N–H and O–H groups in total. The predicted octanol–water partition coefficient (Wildman–Crippen LogP) is -1.01. The molecule has 0 aliphatic heterocycles. The van der Waals surface area contributed by atoms with Crippen LogP contribution < -0.4 is 9.44 Å². The maximum Gasteiger partial charge on any atom is 0.402 e. The summed E-state index contributed by atoms with van der Waals surface area (Å²) in [4.78, 5) is 21.5. The van der Waals surface area contributed by atoms with E-state index in [0.29, 0.717) is 0 Å². The Kier molecular flexibility index (Phi) is 6.18. The Morgan fingerprint density at radius 2 is 1.89 bits per heavy atom. The molecule has 0 rings (SSSR count). The minimum atomic E-state index is -4.80. The van der Waals surface area contributed by atoms with Crippen LogP contribution in [0.25, 0.3) is 0 Å². The van der Waals surface area contributed by atoms with Crippen molar-refractivity contribution in [3.05, 3.63) is 0 Å². The standard InChI is InChI=1S/C7H11F3N2O6S/c1-18-5(13)2-4(6(14)15)12-19(16,17)11-3-7(8,9)10/h4,11-12H,2-3H2,1H3,(H,14,15)/t4-/m0/s1. The van der Waals surface area contributed by atoms with Gasteiger partial charge in [0.2, 0.25) is 0 Å². The number of ether oxygens (including phenoxy) is 1. The van der Waals surface area contributed by atoms with Gasteiger partial charge in [0.25, 0.3) is 10.2 Å². The van der Waals surface area contributed by atoms with Crippen molar-refractivity contribution in [1.82, 2.24) is 9.44 Å². The molecule has 0 radical (unpaired) electrons. The van der Waals surface area contributed by atoms with Crippen LogP contribution in [0.2, 0.25) is 0 Å². The highest BCUT2D eigenvalue weighted by Crippen LogP contribution is 2.12. The van der Waals surface area contributed by atoms with Crippen LogP contribution in [-0.2, 0) is 24.5 Å². The Labute approximate surface area is 106 Å². The normalized spacial score (nSPS) is 13.9. The second kappa shape index (κ2) is 6.68. The number of esters is 1. The lowest BCUT2D eigenvalue weighted by molar-refractivity contribution is -0.147. The third-order valence-electron chi connectivity index (χ3n) is 1.66. The number of carbonyl (C=O) groups is 2. The molecule has 0 saturated carbocycles. The lowest BCUT2D eigenvalue weighted by Gasteiger charge is -2.15. The van der Waals surface area contributed by atoms with Crippen molar-refractivity contribution in [3.8, 4) is 0 Å². The molecule has 8 nitrogen and oxygen atoms in total. The molecule has 0 saturated heterocycles. The van der Waals surface area contributed by atoms with Crippen molar-refractivity contribution in [2.75, 3.05) is 13.7 Å². The quantitative estimate of drug-likeness (QED) is 0.518. The van der Waals surface area contributed by atoms with E-state index >= 15 is 0 Å². The molecular formula is C7H11F3N2O6S. The van der Waals surface area contributed by atoms with Crippen LogP contribution in [0.5, 0.6) is 0 Å². The molecular weight excluding hydrogens is 297 g/mol. The van der Waals surface area contributed by atoms with Crippen LogP contribution in [0.4, 0.5) is 13.2 Å². The summed E-state index contributed by atoms with van der Waals surface area (Å²) < 4.78 is 64.3. The number of methoxy groups -OCH3 is 1. The zero-order valence-corrected chi connectivity index (χ0v) is 10.3. The van der Waals surface area contributed by atoms with Gasteiger partial charge in [-0.05, 0) is 0 Å². The molecule has 0 spiro atoms. The second-order valence-corrected chi connectivity index (χ2v) is 4.76. The molecule has 1 atom stereocenters. The van der Waals surface area contributed by atoms with E-state index in [4.69, 9.17) is 5.11 Å². The van der Waals surface area contributed by atoms with E-state index in [-0.39, 0.29) is 0 Å². The summed E-state index contributed by atoms with van der Waals surface area (Å²) in [5.41, 5.74) is 0. The van der Waals surface area contributed by atoms with Gasteiger partial charge in [0.15, 0.2) is 0 Å². The van der Waals surface area contributed by atoms with Crippen LogP contribution in [0.1, 0.15) is 6.42 Å². The first-order valence-corrected chi connectivity index (χ1v) is 6.08. The van der Waals surface area contributed by atoms with Gasteiger partial charge in [-0.1, -0.05) is 0 Å². The third kappa shape index (κ3) is 8.34. The number of alkyl halides is 3. The molecule has 0 aromatic carbocycles. The van der Waals surface area contributed by atoms with Crippen molar-refractivity contribution in [3.63, 3.8) is 0 Å². The first-order valence-electron chi connectivity index (χ1n) is 4.60. The number of halogens is 3. The SMILES string of the molecule is COC(=O)C[C@H](NS(=O)(=O)NCC(F)(F)F)C(=O)O. The summed E-state index contributed by atoms with van der Waals surface area (Å²) in [5.74, 6) is -2.77. The van der Waals surface area contributed by atoms with E-state index in [0.717, 1.165) is 11.8 Å². The van der Waals surface area contributed by atoms with Gasteiger partial charge in [-0.3, -0.25) is 9.59 Å². The van der Waals surface area contributed by atoms with E-state index in [9.17, 15) is 31.2 Å². The van der Waals surface area contributed by atoms with Gasteiger partial charge in [0, 0.05) is 0 Å². The molecule has 0 fully saturated rings. The maximum atomic E-state index is 11.8. The van der Waals surface area contributed by atoms with E-state index < -0.39 is 47.3 Å². The fraction of sp³-hybridized carbons (Fsp3) is 0.714. The molecule has 0 heterocycles. The molecule has 112 valence electrons. The second-order valence-electron chi connectivity index (χ2n) is 3.23. The van der Waals surface area contributed by atoms with E-state index in [2.05, 4.69) is 4.74 Å². The fourth-order valence-electron chi connectivity index (χ4n) is 0.835. The predicted molar refractivity (Wildman–Crippen MR) is 54.2 cm³/mol. The number of aliphatic carboxylic acids is 1. The largest absolute Gasteiger partial charge is 0.480 e. The highest BCUT2D eigenvalue weighted by atomic mass is 32.2. The van der Waals surface area contributed by atoms with E-state index in [1.165, 1.54) is 4.72 Å². The lowest BCUT2D eigenvalue weighted by atomic mass is 10.2. The van der Waals surface area contributed by atoms with Gasteiger partial charge in [-0.25, -0.2) is 0 Å². The number of nitrogens with one attached hydrogen (secondary N) is 2. The van der Waals surface area contributed by atoms with Crippen molar-refractivity contribution >= 4 is 22.1 Å². The molecule has 12 heteroatoms. The summed E-state index contributed by atoms with van der Waals surface area (Å²) in [6.45, 7) is -1.87. The molecule has 0 amide bonds. The average molecular weight is 308 g/mol. The first kappa shape index (κ1) is 17.6. The summed E-state index contributed by atoms with van der Waals surface area (Å²) in [6, 6.07) is -1.93. The Bertz CT molecular complexity index is 435. The smallest absolute Gasteiger partial charge is 0.402 e. The first-order chi connectivity index (χ1) is 8.47. The Balaban J connectivity index is 4.66. The van der Waals surface area contributed by atoms with Gasteiger partial charge in [0.05, 0.1) is 13.5 Å². The van der Waals surface area contributed by atoms with Crippen LogP contribution in [0, 0.1) is 0 Å². The van der Waals surface area contributed by atoms with Crippen LogP contribution in [-0.4, -0.2) is 51.3 Å². The summed E-state index contributed by atoms with van der Waals surface area (Å²) in [5, 5.41) is 8.62. The van der Waals surface area contributed by atoms with Crippen molar-refractivity contribution in [2.45, 2.75) is 18.6 Å². The van der Waals surface area contributed by atoms with Gasteiger partial charge in [-0.15, -0.1) is 0 Å². The number of hydrogen-bond acceptors (Lipinski definition) is 5. The van der Waals surface area contributed by atoms with Crippen LogP contribution in [0.3, 0.4) is 0 Å². The minimum absolute atomic E-state index is 0.862. The topological polar surface area (TPSA) is 122 Å². The van der Waals surface area contributed by atoms with Crippen LogP contribution in [0.15, 0.2) is 0 Å². The fourth-order valence-corrected chi connectivity index (χ4v) is 1.83. The Morgan fingerprint density at radius 1 is 1.37 bits per heavy atom. The Hall–Kier alpha value is -1.40. The monoisotopic (exact) mass is 308 g/mol.